The van der Waals surface area contributed by atoms with Crippen molar-refractivity contribution in [3.05, 3.63) is 30.1 Å². The zero-order valence-corrected chi connectivity index (χ0v) is 17.0. The lowest BCUT2D eigenvalue weighted by molar-refractivity contribution is -0.149. The second-order valence-electron chi connectivity index (χ2n) is 8.78. The van der Waals surface area contributed by atoms with Gasteiger partial charge in [-0.25, -0.2) is 9.18 Å². The normalized spacial score (nSPS) is 25.8. The second kappa shape index (κ2) is 8.00. The molecule has 1 N–H and O–H groups in total. The Morgan fingerprint density at radius 1 is 1.21 bits per heavy atom. The third-order valence-corrected chi connectivity index (χ3v) is 5.34. The molecule has 0 bridgehead atoms. The summed E-state index contributed by atoms with van der Waals surface area (Å²) in [7, 11) is 0. The van der Waals surface area contributed by atoms with Gasteiger partial charge in [0, 0.05) is 0 Å². The zero-order valence-electron chi connectivity index (χ0n) is 17.0. The highest BCUT2D eigenvalue weighted by atomic mass is 19.1. The summed E-state index contributed by atoms with van der Waals surface area (Å²) < 4.78 is 23.3. The van der Waals surface area contributed by atoms with Gasteiger partial charge >= 0.3 is 12.0 Å². The third-order valence-electron chi connectivity index (χ3n) is 5.34. The molecule has 1 aromatic carbocycles. The van der Waals surface area contributed by atoms with Crippen LogP contribution in [0.4, 0.5) is 9.18 Å². The molecule has 0 aromatic heterocycles. The molecule has 2 fully saturated rings. The van der Waals surface area contributed by atoms with Crippen molar-refractivity contribution >= 4 is 17.9 Å². The first-order valence-corrected chi connectivity index (χ1v) is 9.78. The van der Waals surface area contributed by atoms with Crippen molar-refractivity contribution < 1.29 is 28.2 Å². The lowest BCUT2D eigenvalue weighted by atomic mass is 9.64. The molecule has 2 aliphatic rings. The van der Waals surface area contributed by atoms with Crippen molar-refractivity contribution in [2.75, 3.05) is 19.8 Å². The molecule has 1 aliphatic heterocycles. The molecule has 1 saturated heterocycles. The second-order valence-corrected chi connectivity index (χ2v) is 8.78. The predicted molar refractivity (Wildman–Crippen MR) is 103 cm³/mol. The third kappa shape index (κ3) is 4.86. The molecule has 158 valence electrons. The van der Waals surface area contributed by atoms with Crippen molar-refractivity contribution in [3.63, 3.8) is 0 Å². The first-order chi connectivity index (χ1) is 13.6. The largest absolute Gasteiger partial charge is 0.490 e. The van der Waals surface area contributed by atoms with Crippen LogP contribution in [0.1, 0.15) is 40.0 Å². The molecule has 0 radical (unpaired) electrons. The van der Waals surface area contributed by atoms with Crippen molar-refractivity contribution in [2.45, 2.75) is 45.6 Å². The van der Waals surface area contributed by atoms with Crippen LogP contribution >= 0.6 is 0 Å². The number of esters is 1. The highest BCUT2D eigenvalue weighted by Gasteiger charge is 2.56. The van der Waals surface area contributed by atoms with Gasteiger partial charge in [0.05, 0.1) is 0 Å². The summed E-state index contributed by atoms with van der Waals surface area (Å²) in [6, 6.07) is 4.91. The zero-order chi connectivity index (χ0) is 21.2. The number of ether oxygens (including phenoxy) is 2. The molecule has 3 amide bonds. The summed E-state index contributed by atoms with van der Waals surface area (Å²) >= 11 is 0. The van der Waals surface area contributed by atoms with Crippen LogP contribution in [0.3, 0.4) is 0 Å². The maximum atomic E-state index is 13.0. The summed E-state index contributed by atoms with van der Waals surface area (Å²) in [5, 5.41) is 2.83. The van der Waals surface area contributed by atoms with Crippen LogP contribution in [0.15, 0.2) is 24.3 Å². The van der Waals surface area contributed by atoms with Crippen LogP contribution < -0.4 is 10.1 Å². The fraction of sp³-hybridized carbons (Fsp3) is 0.571. The van der Waals surface area contributed by atoms with Gasteiger partial charge in [0.25, 0.3) is 5.91 Å². The molecule has 3 rings (SSSR count). The van der Waals surface area contributed by atoms with E-state index >= 15 is 0 Å². The lowest BCUT2D eigenvalue weighted by Gasteiger charge is -2.43. The molecule has 1 spiro atoms. The molecular formula is C21H27FN2O5. The van der Waals surface area contributed by atoms with Crippen LogP contribution in [0.5, 0.6) is 5.75 Å². The number of nitrogens with one attached hydrogen (secondary N) is 1. The monoisotopic (exact) mass is 406 g/mol. The van der Waals surface area contributed by atoms with E-state index in [9.17, 15) is 18.8 Å². The Morgan fingerprint density at radius 3 is 2.55 bits per heavy atom. The Morgan fingerprint density at radius 2 is 1.90 bits per heavy atom. The molecule has 1 heterocycles. The van der Waals surface area contributed by atoms with E-state index in [1.54, 1.807) is 0 Å². The number of nitrogens with zero attached hydrogens (tertiary/aromatic N) is 1. The van der Waals surface area contributed by atoms with E-state index in [0.717, 1.165) is 11.3 Å². The average molecular weight is 406 g/mol. The number of imide groups is 1. The van der Waals surface area contributed by atoms with E-state index in [-0.39, 0.29) is 30.4 Å². The first kappa shape index (κ1) is 21.1. The number of hydrogen-bond donors (Lipinski definition) is 1. The van der Waals surface area contributed by atoms with Gasteiger partial charge in [-0.2, -0.15) is 0 Å². The number of carbonyl (C=O) groups excluding carboxylic acids is 3. The van der Waals surface area contributed by atoms with Crippen molar-refractivity contribution in [1.29, 1.82) is 0 Å². The maximum Gasteiger partial charge on any atom is 0.326 e. The molecule has 8 heteroatoms. The Balaban J connectivity index is 1.50. The Labute approximate surface area is 169 Å². The summed E-state index contributed by atoms with van der Waals surface area (Å²) in [4.78, 5) is 38.4. The van der Waals surface area contributed by atoms with Crippen molar-refractivity contribution in [3.8, 4) is 5.75 Å². The van der Waals surface area contributed by atoms with Gasteiger partial charge in [-0.05, 0) is 54.9 Å². The molecule has 1 saturated carbocycles. The lowest BCUT2D eigenvalue weighted by Crippen LogP contribution is -2.54. The van der Waals surface area contributed by atoms with Crippen molar-refractivity contribution in [2.24, 2.45) is 11.3 Å². The number of halogens is 1. The number of urea groups is 1. The minimum atomic E-state index is -0.940. The molecular weight excluding hydrogens is 379 g/mol. The van der Waals surface area contributed by atoms with Gasteiger partial charge in [0.15, 0.2) is 0 Å². The SMILES string of the molecule is C[C@H]1CC(C)(C)C[C@]2(C1)NC(=O)N(CC(=O)OCCOc1ccc(F)cc1)C2=O. The molecule has 1 aliphatic carbocycles. The number of benzene rings is 1. The molecule has 2 atom stereocenters. The Hall–Kier alpha value is -2.64. The van der Waals surface area contributed by atoms with E-state index < -0.39 is 24.1 Å². The number of hydrogen-bond acceptors (Lipinski definition) is 5. The predicted octanol–water partition coefficient (Wildman–Crippen LogP) is 2.88. The summed E-state index contributed by atoms with van der Waals surface area (Å²) in [5.74, 6) is -0.671. The van der Waals surface area contributed by atoms with E-state index in [1.807, 2.05) is 0 Å². The molecule has 0 unspecified atom stereocenters. The van der Waals surface area contributed by atoms with E-state index in [2.05, 4.69) is 26.1 Å². The van der Waals surface area contributed by atoms with Gasteiger partial charge in [-0.15, -0.1) is 0 Å². The molecule has 7 nitrogen and oxygen atoms in total. The Bertz CT molecular complexity index is 795. The molecule has 29 heavy (non-hydrogen) atoms. The maximum absolute atomic E-state index is 13.0. The van der Waals surface area contributed by atoms with Gasteiger partial charge in [-0.1, -0.05) is 20.8 Å². The smallest absolute Gasteiger partial charge is 0.326 e. The van der Waals surface area contributed by atoms with Crippen LogP contribution in [-0.4, -0.2) is 48.1 Å². The fourth-order valence-electron chi connectivity index (χ4n) is 4.67. The first-order valence-electron chi connectivity index (χ1n) is 9.78. The van der Waals surface area contributed by atoms with E-state index in [1.165, 1.54) is 24.3 Å². The van der Waals surface area contributed by atoms with Crippen LogP contribution in [-0.2, 0) is 14.3 Å². The number of rotatable bonds is 6. The number of amides is 3. The standard InChI is InChI=1S/C21H27FN2O5/c1-14-10-20(2,3)13-21(11-14)18(26)24(19(27)23-21)12-17(25)29-9-8-28-16-6-4-15(22)5-7-16/h4-7,14H,8-13H2,1-3H3,(H,23,27)/t14-,21-/m0/s1. The van der Waals surface area contributed by atoms with Gasteiger partial charge < -0.3 is 14.8 Å². The minimum absolute atomic E-state index is 0.0466. The van der Waals surface area contributed by atoms with Gasteiger partial charge in [-0.3, -0.25) is 14.5 Å². The highest BCUT2D eigenvalue weighted by molar-refractivity contribution is 6.08. The highest BCUT2D eigenvalue weighted by Crippen LogP contribution is 2.46. The van der Waals surface area contributed by atoms with Crippen LogP contribution in [0.25, 0.3) is 0 Å². The number of carbonyl (C=O) groups is 3. The van der Waals surface area contributed by atoms with Crippen LogP contribution in [0, 0.1) is 17.2 Å². The van der Waals surface area contributed by atoms with Gasteiger partial charge in [0.1, 0.15) is 36.9 Å². The topological polar surface area (TPSA) is 84.9 Å². The van der Waals surface area contributed by atoms with E-state index in [4.69, 9.17) is 9.47 Å². The quantitative estimate of drug-likeness (QED) is 0.446. The summed E-state index contributed by atoms with van der Waals surface area (Å²) in [6.07, 6.45) is 2.10. The fourth-order valence-corrected chi connectivity index (χ4v) is 4.67. The van der Waals surface area contributed by atoms with Crippen LogP contribution in [0.2, 0.25) is 0 Å². The average Bonchev–Trinajstić information content (AvgIpc) is 2.82. The molecule has 1 aromatic rings. The Kier molecular flexibility index (Phi) is 5.82. The summed E-state index contributed by atoms with van der Waals surface area (Å²) in [5.41, 5.74) is -1.01. The summed E-state index contributed by atoms with van der Waals surface area (Å²) in [6.45, 7) is 5.84. The van der Waals surface area contributed by atoms with Gasteiger partial charge in [0.2, 0.25) is 0 Å². The minimum Gasteiger partial charge on any atom is -0.490 e. The van der Waals surface area contributed by atoms with Crippen molar-refractivity contribution in [1.82, 2.24) is 10.2 Å². The van der Waals surface area contributed by atoms with E-state index in [0.29, 0.717) is 24.5 Å².